The van der Waals surface area contributed by atoms with Gasteiger partial charge in [-0.2, -0.15) is 4.98 Å². The van der Waals surface area contributed by atoms with Crippen LogP contribution in [0.2, 0.25) is 0 Å². The summed E-state index contributed by atoms with van der Waals surface area (Å²) in [6, 6.07) is -0.118. The number of aromatic nitrogens is 2. The molecule has 1 atom stereocenters. The van der Waals surface area contributed by atoms with Crippen molar-refractivity contribution in [2.45, 2.75) is 33.2 Å². The molecule has 0 saturated carbocycles. The highest BCUT2D eigenvalue weighted by Gasteiger charge is 2.22. The fourth-order valence-electron chi connectivity index (χ4n) is 1.62. The molecule has 0 aliphatic rings. The van der Waals surface area contributed by atoms with E-state index in [9.17, 15) is 10.1 Å². The van der Waals surface area contributed by atoms with Crippen molar-refractivity contribution in [2.75, 3.05) is 23.8 Å². The molecule has 19 heavy (non-hydrogen) atoms. The van der Waals surface area contributed by atoms with E-state index in [0.717, 1.165) is 0 Å². The molecule has 1 aromatic heterocycles. The smallest absolute Gasteiger partial charge is 0.332 e. The summed E-state index contributed by atoms with van der Waals surface area (Å²) in [6.45, 7) is 5.92. The Balaban J connectivity index is 3.12. The molecule has 1 unspecified atom stereocenters. The third kappa shape index (κ3) is 4.02. The van der Waals surface area contributed by atoms with Gasteiger partial charge >= 0.3 is 5.69 Å². The second-order valence-corrected chi connectivity index (χ2v) is 4.17. The highest BCUT2D eigenvalue weighted by Crippen LogP contribution is 2.27. The zero-order chi connectivity index (χ0) is 14.4. The lowest BCUT2D eigenvalue weighted by atomic mass is 10.2. The van der Waals surface area contributed by atoms with Gasteiger partial charge in [0, 0.05) is 19.2 Å². The van der Waals surface area contributed by atoms with Crippen LogP contribution >= 0.6 is 0 Å². The Morgan fingerprint density at radius 1 is 1.47 bits per heavy atom. The molecule has 0 spiro atoms. The van der Waals surface area contributed by atoms with E-state index >= 15 is 0 Å². The molecule has 106 valence electrons. The Morgan fingerprint density at radius 3 is 2.68 bits per heavy atom. The highest BCUT2D eigenvalue weighted by molar-refractivity contribution is 5.61. The topological polar surface area (TPSA) is 113 Å². The first-order chi connectivity index (χ1) is 8.99. The summed E-state index contributed by atoms with van der Waals surface area (Å²) >= 11 is 0. The minimum atomic E-state index is -0.501. The zero-order valence-electron chi connectivity index (χ0n) is 11.3. The normalized spacial score (nSPS) is 12.0. The Hall–Kier alpha value is -1.96. The van der Waals surface area contributed by atoms with Crippen LogP contribution in [0.3, 0.4) is 0 Å². The highest BCUT2D eigenvalue weighted by atomic mass is 16.6. The van der Waals surface area contributed by atoms with Crippen molar-refractivity contribution in [1.82, 2.24) is 9.97 Å². The number of anilines is 2. The number of nitrogens with one attached hydrogen (secondary N) is 2. The average Bonchev–Trinajstić information content (AvgIpc) is 2.28. The van der Waals surface area contributed by atoms with E-state index in [1.807, 2.05) is 13.8 Å². The number of aryl methyl sites for hydroxylation is 1. The molecule has 1 heterocycles. The number of nitro groups is 1. The number of hydrogen-bond donors (Lipinski definition) is 3. The maximum absolute atomic E-state index is 11.1. The van der Waals surface area contributed by atoms with Gasteiger partial charge in [-0.25, -0.2) is 4.98 Å². The summed E-state index contributed by atoms with van der Waals surface area (Å²) in [5.41, 5.74) is 0.168. The van der Waals surface area contributed by atoms with Gasteiger partial charge in [-0.3, -0.25) is 10.1 Å². The maximum atomic E-state index is 11.1. The summed E-state index contributed by atoms with van der Waals surface area (Å²) in [5, 5.41) is 25.8. The zero-order valence-corrected chi connectivity index (χ0v) is 11.3. The first kappa shape index (κ1) is 15.1. The molecule has 0 radical (unpaired) electrons. The molecule has 0 fully saturated rings. The van der Waals surface area contributed by atoms with Crippen molar-refractivity contribution < 1.29 is 10.0 Å². The van der Waals surface area contributed by atoms with Crippen LogP contribution in [0.15, 0.2) is 0 Å². The SMILES string of the molecule is CCNc1nc(C)c([N+](=O)[O-])c(NC(C)CCO)n1. The number of aliphatic hydroxyl groups is 1. The third-order valence-electron chi connectivity index (χ3n) is 2.52. The van der Waals surface area contributed by atoms with Gasteiger partial charge in [0.2, 0.25) is 11.8 Å². The summed E-state index contributed by atoms with van der Waals surface area (Å²) in [6.07, 6.45) is 0.483. The van der Waals surface area contributed by atoms with Gasteiger partial charge in [0.1, 0.15) is 5.69 Å². The van der Waals surface area contributed by atoms with E-state index < -0.39 is 4.92 Å². The summed E-state index contributed by atoms with van der Waals surface area (Å²) in [7, 11) is 0. The Morgan fingerprint density at radius 2 is 2.16 bits per heavy atom. The standard InChI is InChI=1S/C11H19N5O3/c1-4-12-11-14-8(3)9(16(18)19)10(15-11)13-7(2)5-6-17/h7,17H,4-6H2,1-3H3,(H2,12,13,14,15). The van der Waals surface area contributed by atoms with E-state index in [4.69, 9.17) is 5.11 Å². The molecule has 0 amide bonds. The first-order valence-electron chi connectivity index (χ1n) is 6.13. The van der Waals surface area contributed by atoms with Gasteiger partial charge in [0.15, 0.2) is 0 Å². The molecule has 0 aliphatic carbocycles. The molecule has 0 aromatic carbocycles. The van der Waals surface area contributed by atoms with Crippen LogP contribution in [0, 0.1) is 17.0 Å². The lowest BCUT2D eigenvalue weighted by Crippen LogP contribution is -2.19. The van der Waals surface area contributed by atoms with Crippen LogP contribution < -0.4 is 10.6 Å². The van der Waals surface area contributed by atoms with Crippen LogP contribution in [0.4, 0.5) is 17.5 Å². The lowest BCUT2D eigenvalue weighted by Gasteiger charge is -2.14. The number of aliphatic hydroxyl groups excluding tert-OH is 1. The van der Waals surface area contributed by atoms with E-state index in [-0.39, 0.29) is 24.2 Å². The van der Waals surface area contributed by atoms with Crippen LogP contribution in [-0.2, 0) is 0 Å². The first-order valence-corrected chi connectivity index (χ1v) is 6.13. The second-order valence-electron chi connectivity index (χ2n) is 4.17. The average molecular weight is 269 g/mol. The Labute approximate surface area is 111 Å². The van der Waals surface area contributed by atoms with Crippen molar-refractivity contribution in [3.05, 3.63) is 15.8 Å². The van der Waals surface area contributed by atoms with Crippen molar-refractivity contribution in [1.29, 1.82) is 0 Å². The Bertz CT molecular complexity index is 452. The van der Waals surface area contributed by atoms with E-state index in [0.29, 0.717) is 24.6 Å². The predicted molar refractivity (Wildman–Crippen MR) is 72.4 cm³/mol. The third-order valence-corrected chi connectivity index (χ3v) is 2.52. The van der Waals surface area contributed by atoms with Crippen molar-refractivity contribution >= 4 is 17.5 Å². The minimum Gasteiger partial charge on any atom is -0.396 e. The number of rotatable bonds is 7. The van der Waals surface area contributed by atoms with Crippen molar-refractivity contribution in [2.24, 2.45) is 0 Å². The van der Waals surface area contributed by atoms with Crippen LogP contribution in [0.1, 0.15) is 26.0 Å². The molecular weight excluding hydrogens is 250 g/mol. The molecule has 1 aromatic rings. The second kappa shape index (κ2) is 6.83. The van der Waals surface area contributed by atoms with Crippen molar-refractivity contribution in [3.8, 4) is 0 Å². The molecule has 0 aliphatic heterocycles. The van der Waals surface area contributed by atoms with Crippen molar-refractivity contribution in [3.63, 3.8) is 0 Å². The van der Waals surface area contributed by atoms with Gasteiger partial charge in [-0.05, 0) is 27.2 Å². The van der Waals surface area contributed by atoms with Crippen LogP contribution in [-0.4, -0.2) is 39.2 Å². The maximum Gasteiger partial charge on any atom is 0.332 e. The van der Waals surface area contributed by atoms with Crippen LogP contribution in [0.5, 0.6) is 0 Å². The Kier molecular flexibility index (Phi) is 5.43. The van der Waals surface area contributed by atoms with Crippen LogP contribution in [0.25, 0.3) is 0 Å². The van der Waals surface area contributed by atoms with E-state index in [2.05, 4.69) is 20.6 Å². The lowest BCUT2D eigenvalue weighted by molar-refractivity contribution is -0.385. The molecule has 8 heteroatoms. The summed E-state index contributed by atoms with van der Waals surface area (Å²) in [5.74, 6) is 0.527. The van der Waals surface area contributed by atoms with Gasteiger partial charge in [-0.1, -0.05) is 0 Å². The number of hydrogen-bond acceptors (Lipinski definition) is 7. The summed E-state index contributed by atoms with van der Waals surface area (Å²) < 4.78 is 0. The van der Waals surface area contributed by atoms with Gasteiger partial charge in [-0.15, -0.1) is 0 Å². The predicted octanol–water partition coefficient (Wildman–Crippen LogP) is 1.31. The van der Waals surface area contributed by atoms with Gasteiger partial charge in [0.25, 0.3) is 0 Å². The quantitative estimate of drug-likeness (QED) is 0.505. The van der Waals surface area contributed by atoms with Gasteiger partial charge in [0.05, 0.1) is 4.92 Å². The molecule has 0 saturated heterocycles. The number of nitrogens with zero attached hydrogens (tertiary/aromatic N) is 3. The fraction of sp³-hybridized carbons (Fsp3) is 0.636. The van der Waals surface area contributed by atoms with E-state index in [1.54, 1.807) is 6.92 Å². The molecule has 3 N–H and O–H groups in total. The monoisotopic (exact) mass is 269 g/mol. The molecule has 1 rings (SSSR count). The van der Waals surface area contributed by atoms with Gasteiger partial charge < -0.3 is 15.7 Å². The fourth-order valence-corrected chi connectivity index (χ4v) is 1.62. The largest absolute Gasteiger partial charge is 0.396 e. The van der Waals surface area contributed by atoms with E-state index in [1.165, 1.54) is 0 Å². The molecule has 8 nitrogen and oxygen atoms in total. The molecule has 0 bridgehead atoms. The molecular formula is C11H19N5O3. The summed E-state index contributed by atoms with van der Waals surface area (Å²) in [4.78, 5) is 18.7. The minimum absolute atomic E-state index is 0.00605.